The Balaban J connectivity index is 1.77. The third-order valence-electron chi connectivity index (χ3n) is 3.60. The molecular weight excluding hydrogens is 246 g/mol. The molecule has 3 heteroatoms. The summed E-state index contributed by atoms with van der Waals surface area (Å²) in [5, 5.41) is 3.45. The van der Waals surface area contributed by atoms with E-state index in [4.69, 9.17) is 16.3 Å². The lowest BCUT2D eigenvalue weighted by molar-refractivity contribution is 0.267. The molecule has 2 nitrogen and oxygen atoms in total. The van der Waals surface area contributed by atoms with Crippen molar-refractivity contribution in [1.29, 1.82) is 0 Å². The molecule has 1 unspecified atom stereocenters. The van der Waals surface area contributed by atoms with E-state index >= 15 is 0 Å². The summed E-state index contributed by atoms with van der Waals surface area (Å²) in [4.78, 5) is 0. The van der Waals surface area contributed by atoms with Crippen molar-refractivity contribution >= 4 is 11.6 Å². The fraction of sp³-hybridized carbons (Fsp3) is 0.600. The van der Waals surface area contributed by atoms with Gasteiger partial charge in [0.05, 0.1) is 12.5 Å². The number of hydrogen-bond donors (Lipinski definition) is 1. The van der Waals surface area contributed by atoms with Crippen molar-refractivity contribution in [2.75, 3.05) is 19.7 Å². The van der Waals surface area contributed by atoms with Crippen molar-refractivity contribution in [3.05, 3.63) is 29.8 Å². The first kappa shape index (κ1) is 13.7. The number of ether oxygens (including phenoxy) is 1. The maximum Gasteiger partial charge on any atom is 0.123 e. The Bertz CT molecular complexity index is 348. The van der Waals surface area contributed by atoms with Gasteiger partial charge in [-0.1, -0.05) is 18.2 Å². The maximum atomic E-state index is 5.89. The molecule has 0 bridgehead atoms. The van der Waals surface area contributed by atoms with Crippen molar-refractivity contribution in [3.63, 3.8) is 0 Å². The molecule has 0 spiro atoms. The quantitative estimate of drug-likeness (QED) is 0.824. The molecule has 0 saturated carbocycles. The summed E-state index contributed by atoms with van der Waals surface area (Å²) in [6.07, 6.45) is 5.05. The van der Waals surface area contributed by atoms with Gasteiger partial charge in [0.25, 0.3) is 0 Å². The molecule has 1 atom stereocenters. The summed E-state index contributed by atoms with van der Waals surface area (Å²) in [5.41, 5.74) is 1.08. The summed E-state index contributed by atoms with van der Waals surface area (Å²) in [5.74, 6) is 2.27. The highest BCUT2D eigenvalue weighted by Crippen LogP contribution is 2.22. The Hall–Kier alpha value is -0.730. The average molecular weight is 268 g/mol. The molecule has 1 heterocycles. The first-order valence-electron chi connectivity index (χ1n) is 6.87. The zero-order valence-electron chi connectivity index (χ0n) is 10.8. The van der Waals surface area contributed by atoms with E-state index in [1.165, 1.54) is 25.8 Å². The van der Waals surface area contributed by atoms with Crippen molar-refractivity contribution < 1.29 is 4.74 Å². The van der Waals surface area contributed by atoms with Crippen molar-refractivity contribution in [3.8, 4) is 5.75 Å². The molecule has 0 aliphatic carbocycles. The second-order valence-electron chi connectivity index (χ2n) is 4.93. The van der Waals surface area contributed by atoms with E-state index < -0.39 is 0 Å². The van der Waals surface area contributed by atoms with Crippen LogP contribution in [0.4, 0.5) is 0 Å². The lowest BCUT2D eigenvalue weighted by atomic mass is 9.97. The fourth-order valence-electron chi connectivity index (χ4n) is 2.47. The Morgan fingerprint density at radius 1 is 1.22 bits per heavy atom. The summed E-state index contributed by atoms with van der Waals surface area (Å²) in [7, 11) is 0. The van der Waals surface area contributed by atoms with Gasteiger partial charge in [-0.2, -0.15) is 0 Å². The molecule has 2 rings (SSSR count). The third kappa shape index (κ3) is 4.18. The standard InChI is InChI=1S/C15H22ClNO/c16-12-14-5-1-2-6-15(14)18-11-8-13-4-3-9-17-10-7-13/h1-2,5-6,13,17H,3-4,7-12H2. The highest BCUT2D eigenvalue weighted by Gasteiger charge is 2.12. The minimum absolute atomic E-state index is 0.517. The van der Waals surface area contributed by atoms with E-state index in [0.29, 0.717) is 5.88 Å². The van der Waals surface area contributed by atoms with Gasteiger partial charge in [-0.3, -0.25) is 0 Å². The number of rotatable bonds is 5. The summed E-state index contributed by atoms with van der Waals surface area (Å²) in [6.45, 7) is 3.13. The minimum atomic E-state index is 0.517. The second kappa shape index (κ2) is 7.65. The molecule has 0 aromatic heterocycles. The van der Waals surface area contributed by atoms with Gasteiger partial charge < -0.3 is 10.1 Å². The van der Waals surface area contributed by atoms with Crippen LogP contribution in [-0.4, -0.2) is 19.7 Å². The van der Waals surface area contributed by atoms with E-state index in [1.807, 2.05) is 24.3 Å². The SMILES string of the molecule is ClCc1ccccc1OCCC1CCCNCC1. The lowest BCUT2D eigenvalue weighted by Crippen LogP contribution is -2.14. The highest BCUT2D eigenvalue weighted by molar-refractivity contribution is 6.17. The number of benzene rings is 1. The predicted octanol–water partition coefficient (Wildman–Crippen LogP) is 3.58. The van der Waals surface area contributed by atoms with Crippen molar-refractivity contribution in [2.24, 2.45) is 5.92 Å². The number of alkyl halides is 1. The summed E-state index contributed by atoms with van der Waals surface area (Å²) < 4.78 is 5.87. The van der Waals surface area contributed by atoms with Gasteiger partial charge in [0.15, 0.2) is 0 Å². The zero-order valence-corrected chi connectivity index (χ0v) is 11.6. The van der Waals surface area contributed by atoms with Gasteiger partial charge in [-0.25, -0.2) is 0 Å². The molecule has 1 N–H and O–H groups in total. The molecule has 1 aromatic carbocycles. The molecule has 100 valence electrons. The van der Waals surface area contributed by atoms with Gasteiger partial charge in [-0.05, 0) is 50.8 Å². The number of halogens is 1. The Morgan fingerprint density at radius 3 is 3.00 bits per heavy atom. The van der Waals surface area contributed by atoms with E-state index in [1.54, 1.807) is 0 Å². The first-order chi connectivity index (χ1) is 8.90. The van der Waals surface area contributed by atoms with E-state index in [-0.39, 0.29) is 0 Å². The third-order valence-corrected chi connectivity index (χ3v) is 3.88. The average Bonchev–Trinajstić information content (AvgIpc) is 2.68. The van der Waals surface area contributed by atoms with Crippen LogP contribution in [0, 0.1) is 5.92 Å². The highest BCUT2D eigenvalue weighted by atomic mass is 35.5. The van der Waals surface area contributed by atoms with Crippen LogP contribution in [0.15, 0.2) is 24.3 Å². The van der Waals surface area contributed by atoms with Crippen LogP contribution in [0.2, 0.25) is 0 Å². The topological polar surface area (TPSA) is 21.3 Å². The molecular formula is C15H22ClNO. The largest absolute Gasteiger partial charge is 0.493 e. The van der Waals surface area contributed by atoms with E-state index in [0.717, 1.165) is 36.8 Å². The Kier molecular flexibility index (Phi) is 5.82. The van der Waals surface area contributed by atoms with Crippen LogP contribution in [-0.2, 0) is 5.88 Å². The van der Waals surface area contributed by atoms with Crippen LogP contribution in [0.3, 0.4) is 0 Å². The van der Waals surface area contributed by atoms with Crippen LogP contribution < -0.4 is 10.1 Å². The van der Waals surface area contributed by atoms with Crippen LogP contribution in [0.1, 0.15) is 31.2 Å². The first-order valence-corrected chi connectivity index (χ1v) is 7.41. The van der Waals surface area contributed by atoms with Gasteiger partial charge >= 0.3 is 0 Å². The molecule has 1 aliphatic heterocycles. The number of nitrogens with one attached hydrogen (secondary N) is 1. The fourth-order valence-corrected chi connectivity index (χ4v) is 2.69. The van der Waals surface area contributed by atoms with Crippen molar-refractivity contribution in [2.45, 2.75) is 31.6 Å². The second-order valence-corrected chi connectivity index (χ2v) is 5.19. The molecule has 1 fully saturated rings. The summed E-state index contributed by atoms with van der Waals surface area (Å²) >= 11 is 5.89. The lowest BCUT2D eigenvalue weighted by Gasteiger charge is -2.15. The number of para-hydroxylation sites is 1. The van der Waals surface area contributed by atoms with Crippen LogP contribution in [0.25, 0.3) is 0 Å². The smallest absolute Gasteiger partial charge is 0.123 e. The van der Waals surface area contributed by atoms with Gasteiger partial charge in [0, 0.05) is 5.56 Å². The van der Waals surface area contributed by atoms with Crippen LogP contribution in [0.5, 0.6) is 5.75 Å². The van der Waals surface area contributed by atoms with Gasteiger partial charge in [-0.15, -0.1) is 11.6 Å². The molecule has 18 heavy (non-hydrogen) atoms. The maximum absolute atomic E-state index is 5.89. The zero-order chi connectivity index (χ0) is 12.6. The Morgan fingerprint density at radius 2 is 2.11 bits per heavy atom. The minimum Gasteiger partial charge on any atom is -0.493 e. The normalized spacial score (nSPS) is 20.4. The van der Waals surface area contributed by atoms with E-state index in [9.17, 15) is 0 Å². The monoisotopic (exact) mass is 267 g/mol. The van der Waals surface area contributed by atoms with Crippen molar-refractivity contribution in [1.82, 2.24) is 5.32 Å². The van der Waals surface area contributed by atoms with E-state index in [2.05, 4.69) is 5.32 Å². The predicted molar refractivity (Wildman–Crippen MR) is 76.3 cm³/mol. The van der Waals surface area contributed by atoms with Gasteiger partial charge in [0.2, 0.25) is 0 Å². The van der Waals surface area contributed by atoms with Gasteiger partial charge in [0.1, 0.15) is 5.75 Å². The summed E-state index contributed by atoms with van der Waals surface area (Å²) in [6, 6.07) is 8.03. The molecule has 1 saturated heterocycles. The molecule has 1 aromatic rings. The van der Waals surface area contributed by atoms with Crippen LogP contribution >= 0.6 is 11.6 Å². The molecule has 0 radical (unpaired) electrons. The number of hydrogen-bond acceptors (Lipinski definition) is 2. The molecule has 0 amide bonds. The Labute approximate surface area is 115 Å². The molecule has 1 aliphatic rings.